The van der Waals surface area contributed by atoms with E-state index >= 15 is 0 Å². The summed E-state index contributed by atoms with van der Waals surface area (Å²) in [6, 6.07) is 4.27. The maximum absolute atomic E-state index is 12.8. The Morgan fingerprint density at radius 3 is 2.55 bits per heavy atom. The molecule has 0 aromatic carbocycles. The molecule has 1 saturated heterocycles. The van der Waals surface area contributed by atoms with Crippen molar-refractivity contribution in [2.24, 2.45) is 7.05 Å². The minimum atomic E-state index is -0.00255. The van der Waals surface area contributed by atoms with Gasteiger partial charge in [-0.1, -0.05) is 0 Å². The molecule has 3 aromatic rings. The molecule has 5 rings (SSSR count). The number of amides is 1. The van der Waals surface area contributed by atoms with Gasteiger partial charge in [-0.2, -0.15) is 10.2 Å². The molecule has 0 bridgehead atoms. The summed E-state index contributed by atoms with van der Waals surface area (Å²) >= 11 is 0. The Morgan fingerprint density at radius 2 is 1.90 bits per heavy atom. The van der Waals surface area contributed by atoms with Crippen LogP contribution in [0.5, 0.6) is 0 Å². The fourth-order valence-corrected chi connectivity index (χ4v) is 4.23. The minimum absolute atomic E-state index is 0.00255. The van der Waals surface area contributed by atoms with Crippen molar-refractivity contribution < 1.29 is 4.79 Å². The number of carbonyl (C=O) groups is 1. The van der Waals surface area contributed by atoms with Gasteiger partial charge in [0.05, 0.1) is 5.69 Å². The summed E-state index contributed by atoms with van der Waals surface area (Å²) in [6.07, 6.45) is 8.08. The number of hydrogen-bond donors (Lipinski definition) is 0. The third-order valence-electron chi connectivity index (χ3n) is 6.35. The van der Waals surface area contributed by atoms with Crippen molar-refractivity contribution in [3.8, 4) is 0 Å². The second kappa shape index (κ2) is 6.86. The lowest BCUT2D eigenvalue weighted by Crippen LogP contribution is -2.46. The Bertz CT molecular complexity index is 1040. The maximum Gasteiger partial charge on any atom is 0.274 e. The molecule has 4 heterocycles. The lowest BCUT2D eigenvalue weighted by molar-refractivity contribution is 0.0702. The topological polar surface area (TPSA) is 71.6 Å². The monoisotopic (exact) mass is 393 g/mol. The minimum Gasteiger partial charge on any atom is -0.355 e. The third kappa shape index (κ3) is 3.26. The number of aromatic nitrogens is 5. The van der Waals surface area contributed by atoms with Gasteiger partial charge in [-0.25, -0.2) is 9.50 Å². The fraction of sp³-hybridized carbons (Fsp3) is 0.524. The number of hydrogen-bond acceptors (Lipinski definition) is 5. The number of rotatable bonds is 4. The van der Waals surface area contributed by atoms with Crippen LogP contribution in [-0.4, -0.2) is 61.4 Å². The Labute approximate surface area is 170 Å². The molecule has 1 saturated carbocycles. The van der Waals surface area contributed by atoms with Crippen molar-refractivity contribution in [3.05, 3.63) is 41.6 Å². The van der Waals surface area contributed by atoms with Crippen molar-refractivity contribution >= 4 is 17.2 Å². The smallest absolute Gasteiger partial charge is 0.274 e. The molecular formula is C21H27N7O. The number of carbonyl (C=O) groups excluding carboxylic acids is 1. The molecule has 1 aliphatic carbocycles. The molecule has 0 unspecified atom stereocenters. The van der Waals surface area contributed by atoms with E-state index in [1.54, 1.807) is 4.68 Å². The van der Waals surface area contributed by atoms with Gasteiger partial charge in [0, 0.05) is 57.2 Å². The highest BCUT2D eigenvalue weighted by atomic mass is 16.2. The standard InChI is InChI=1S/C21H27N7O/c1-14-12-18(23-26(14)3)21(29)25(2)16-6-9-27(10-7-16)20-19-13-17(15-4-5-15)24-28(19)11-8-22-20/h8,11-13,15-16H,4-7,9-10H2,1-3H3. The molecule has 0 N–H and O–H groups in total. The van der Waals surface area contributed by atoms with E-state index < -0.39 is 0 Å². The molecule has 1 aliphatic heterocycles. The zero-order valence-corrected chi connectivity index (χ0v) is 17.2. The first-order valence-electron chi connectivity index (χ1n) is 10.4. The Kier molecular flexibility index (Phi) is 4.29. The van der Waals surface area contributed by atoms with Gasteiger partial charge in [-0.15, -0.1) is 0 Å². The van der Waals surface area contributed by atoms with Crippen molar-refractivity contribution in [2.45, 2.75) is 44.6 Å². The molecule has 152 valence electrons. The Balaban J connectivity index is 1.29. The van der Waals surface area contributed by atoms with Gasteiger partial charge in [-0.05, 0) is 44.7 Å². The largest absolute Gasteiger partial charge is 0.355 e. The molecule has 2 aliphatic rings. The van der Waals surface area contributed by atoms with Crippen molar-refractivity contribution in [3.63, 3.8) is 0 Å². The van der Waals surface area contributed by atoms with E-state index in [1.807, 2.05) is 48.9 Å². The van der Waals surface area contributed by atoms with Gasteiger partial charge in [-0.3, -0.25) is 9.48 Å². The highest BCUT2D eigenvalue weighted by Crippen LogP contribution is 2.40. The number of fused-ring (bicyclic) bond motifs is 1. The van der Waals surface area contributed by atoms with Crippen LogP contribution in [0.3, 0.4) is 0 Å². The zero-order valence-electron chi connectivity index (χ0n) is 17.2. The summed E-state index contributed by atoms with van der Waals surface area (Å²) in [4.78, 5) is 21.7. The second-order valence-corrected chi connectivity index (χ2v) is 8.35. The molecule has 8 heteroatoms. The highest BCUT2D eigenvalue weighted by Gasteiger charge is 2.30. The quantitative estimate of drug-likeness (QED) is 0.681. The molecule has 8 nitrogen and oxygen atoms in total. The molecule has 3 aromatic heterocycles. The van der Waals surface area contributed by atoms with E-state index in [1.165, 1.54) is 18.5 Å². The van der Waals surface area contributed by atoms with Gasteiger partial charge < -0.3 is 9.80 Å². The van der Waals surface area contributed by atoms with Crippen LogP contribution in [0.15, 0.2) is 24.5 Å². The van der Waals surface area contributed by atoms with Gasteiger partial charge in [0.15, 0.2) is 11.5 Å². The molecule has 2 fully saturated rings. The van der Waals surface area contributed by atoms with E-state index in [0.717, 1.165) is 43.0 Å². The average Bonchev–Trinajstić information content (AvgIpc) is 3.41. The van der Waals surface area contributed by atoms with Crippen LogP contribution in [0.25, 0.3) is 5.52 Å². The lowest BCUT2D eigenvalue weighted by Gasteiger charge is -2.37. The Morgan fingerprint density at radius 1 is 1.14 bits per heavy atom. The fourth-order valence-electron chi connectivity index (χ4n) is 4.23. The van der Waals surface area contributed by atoms with Crippen LogP contribution in [-0.2, 0) is 7.05 Å². The number of piperidine rings is 1. The summed E-state index contributed by atoms with van der Waals surface area (Å²) in [5, 5.41) is 9.07. The van der Waals surface area contributed by atoms with Gasteiger partial charge in [0.2, 0.25) is 0 Å². The van der Waals surface area contributed by atoms with E-state index in [2.05, 4.69) is 21.0 Å². The molecule has 1 amide bonds. The van der Waals surface area contributed by atoms with Gasteiger partial charge in [0.25, 0.3) is 5.91 Å². The van der Waals surface area contributed by atoms with Crippen molar-refractivity contribution in [1.82, 2.24) is 29.3 Å². The second-order valence-electron chi connectivity index (χ2n) is 8.35. The van der Waals surface area contributed by atoms with Crippen LogP contribution in [0.4, 0.5) is 5.82 Å². The van der Waals surface area contributed by atoms with Crippen molar-refractivity contribution in [2.75, 3.05) is 25.0 Å². The molecule has 0 atom stereocenters. The third-order valence-corrected chi connectivity index (χ3v) is 6.35. The van der Waals surface area contributed by atoms with E-state index in [0.29, 0.717) is 11.6 Å². The predicted octanol–water partition coefficient (Wildman–Crippen LogP) is 2.39. The molecular weight excluding hydrogens is 366 g/mol. The summed E-state index contributed by atoms with van der Waals surface area (Å²) < 4.78 is 3.71. The first-order valence-corrected chi connectivity index (χ1v) is 10.4. The summed E-state index contributed by atoms with van der Waals surface area (Å²) in [6.45, 7) is 3.71. The van der Waals surface area contributed by atoms with E-state index in [9.17, 15) is 4.79 Å². The zero-order chi connectivity index (χ0) is 20.1. The molecule has 0 radical (unpaired) electrons. The molecule has 29 heavy (non-hydrogen) atoms. The van der Waals surface area contributed by atoms with Crippen LogP contribution in [0.2, 0.25) is 0 Å². The summed E-state index contributed by atoms with van der Waals surface area (Å²) in [5.41, 5.74) is 3.78. The SMILES string of the molecule is Cc1cc(C(=O)N(C)C2CCN(c3nccn4nc(C5CC5)cc34)CC2)nn1C. The van der Waals surface area contributed by atoms with Crippen LogP contribution < -0.4 is 4.90 Å². The summed E-state index contributed by atoms with van der Waals surface area (Å²) in [5.74, 6) is 1.63. The first-order chi connectivity index (χ1) is 14.0. The van der Waals surface area contributed by atoms with Crippen LogP contribution >= 0.6 is 0 Å². The number of nitrogens with zero attached hydrogens (tertiary/aromatic N) is 7. The summed E-state index contributed by atoms with van der Waals surface area (Å²) in [7, 11) is 3.76. The van der Waals surface area contributed by atoms with Crippen LogP contribution in [0, 0.1) is 6.92 Å². The van der Waals surface area contributed by atoms with Gasteiger partial charge >= 0.3 is 0 Å². The average molecular weight is 393 g/mol. The lowest BCUT2D eigenvalue weighted by atomic mass is 10.0. The number of aryl methyl sites for hydroxylation is 2. The van der Waals surface area contributed by atoms with Crippen LogP contribution in [0.1, 0.15) is 53.5 Å². The maximum atomic E-state index is 12.8. The number of anilines is 1. The Hall–Kier alpha value is -2.90. The normalized spacial score (nSPS) is 17.8. The van der Waals surface area contributed by atoms with E-state index in [-0.39, 0.29) is 11.9 Å². The molecule has 0 spiro atoms. The predicted molar refractivity (Wildman–Crippen MR) is 110 cm³/mol. The highest BCUT2D eigenvalue weighted by molar-refractivity contribution is 5.92. The first kappa shape index (κ1) is 18.1. The van der Waals surface area contributed by atoms with E-state index in [4.69, 9.17) is 5.10 Å². The van der Waals surface area contributed by atoms with Gasteiger partial charge in [0.1, 0.15) is 5.52 Å². The van der Waals surface area contributed by atoms with Crippen molar-refractivity contribution in [1.29, 1.82) is 0 Å².